The number of methoxy groups -OCH3 is 1. The average molecular weight is 1040 g/mol. The Morgan fingerprint density at radius 1 is 0.526 bits per heavy atom. The summed E-state index contributed by atoms with van der Waals surface area (Å²) in [6.45, 7) is -1.55. The number of aliphatic hydroxyl groups excluding tert-OH is 2. The maximum atomic E-state index is 14.7. The van der Waals surface area contributed by atoms with E-state index in [9.17, 15) is 47.8 Å². The molecule has 1 aromatic heterocycles. The molecule has 7 aromatic rings. The Bertz CT molecular complexity index is 3180. The fraction of sp³-hybridized carbons (Fsp3) is 0.182. The summed E-state index contributed by atoms with van der Waals surface area (Å²) in [4.78, 5) is 88.5. The number of ether oxygens (including phenoxy) is 4. The van der Waals surface area contributed by atoms with Crippen LogP contribution in [0.1, 0.15) is 72.7 Å². The number of halogens is 2. The van der Waals surface area contributed by atoms with E-state index in [0.717, 1.165) is 12.7 Å². The van der Waals surface area contributed by atoms with Gasteiger partial charge in [0.2, 0.25) is 17.7 Å². The Labute approximate surface area is 433 Å². The number of aromatic nitrogens is 2. The van der Waals surface area contributed by atoms with Crippen LogP contribution in [0.2, 0.25) is 0 Å². The Morgan fingerprint density at radius 3 is 1.53 bits per heavy atom. The quantitative estimate of drug-likeness (QED) is 0.0268. The van der Waals surface area contributed by atoms with E-state index in [2.05, 4.69) is 36.6 Å². The van der Waals surface area contributed by atoms with Crippen LogP contribution in [0.25, 0.3) is 0 Å². The van der Waals surface area contributed by atoms with Gasteiger partial charge in [0, 0.05) is 23.7 Å². The Balaban J connectivity index is 1.28. The summed E-state index contributed by atoms with van der Waals surface area (Å²) in [6, 6.07) is 29.0. The maximum Gasteiger partial charge on any atom is 0.338 e. The molecule has 0 unspecified atom stereocenters. The summed E-state index contributed by atoms with van der Waals surface area (Å²) in [5, 5.41) is 32.8. The van der Waals surface area contributed by atoms with Gasteiger partial charge in [-0.05, 0) is 89.8 Å². The normalized spacial score (nSPS) is 10.7. The first-order valence-corrected chi connectivity index (χ1v) is 23.5. The summed E-state index contributed by atoms with van der Waals surface area (Å²) in [5.41, 5.74) is 1.62. The molecule has 0 aliphatic rings. The van der Waals surface area contributed by atoms with E-state index in [1.807, 2.05) is 30.3 Å². The van der Waals surface area contributed by atoms with Crippen molar-refractivity contribution < 1.29 is 66.7 Å². The molecule has 21 heteroatoms. The molecule has 6 aromatic carbocycles. The van der Waals surface area contributed by atoms with Gasteiger partial charge in [0.05, 0.1) is 67.8 Å². The highest BCUT2D eigenvalue weighted by molar-refractivity contribution is 6.13. The summed E-state index contributed by atoms with van der Waals surface area (Å²) in [7, 11) is 1.13. The highest BCUT2D eigenvalue weighted by Gasteiger charge is 2.25. The molecule has 0 aliphatic heterocycles. The molecule has 392 valence electrons. The third-order valence-electron chi connectivity index (χ3n) is 11.1. The van der Waals surface area contributed by atoms with Gasteiger partial charge in [0.1, 0.15) is 60.1 Å². The minimum Gasteiger partial charge on any atom is -0.487 e. The Morgan fingerprint density at radius 2 is 1.00 bits per heavy atom. The lowest BCUT2D eigenvalue weighted by atomic mass is 10.1. The van der Waals surface area contributed by atoms with Crippen molar-refractivity contribution >= 4 is 63.9 Å². The van der Waals surface area contributed by atoms with Crippen molar-refractivity contribution in [1.82, 2.24) is 9.97 Å². The minimum atomic E-state index is -0.931. The number of nitrogens with one attached hydrogen (secondary N) is 6. The van der Waals surface area contributed by atoms with E-state index in [0.29, 0.717) is 23.2 Å². The number of carbonyl (C=O) groups excluding carboxylic acids is 6. The van der Waals surface area contributed by atoms with Crippen LogP contribution >= 0.6 is 0 Å². The number of aryl methyl sites for hydroxylation is 1. The second-order valence-electron chi connectivity index (χ2n) is 16.7. The molecule has 0 bridgehead atoms. The van der Waals surface area contributed by atoms with Crippen LogP contribution in [0.5, 0.6) is 17.2 Å². The van der Waals surface area contributed by atoms with E-state index in [1.54, 1.807) is 6.20 Å². The van der Waals surface area contributed by atoms with Gasteiger partial charge in [-0.25, -0.2) is 18.6 Å². The number of nitrogens with zero attached hydrogens (tertiary/aromatic N) is 1. The van der Waals surface area contributed by atoms with Crippen molar-refractivity contribution in [3.05, 3.63) is 185 Å². The number of anilines is 5. The van der Waals surface area contributed by atoms with Crippen molar-refractivity contribution in [3.63, 3.8) is 0 Å². The molecule has 0 radical (unpaired) electrons. The predicted octanol–water partition coefficient (Wildman–Crippen LogP) is 7.93. The zero-order valence-electron chi connectivity index (χ0n) is 40.7. The van der Waals surface area contributed by atoms with Crippen LogP contribution in [0, 0.1) is 11.6 Å². The Kier molecular flexibility index (Phi) is 18.9. The van der Waals surface area contributed by atoms with Crippen molar-refractivity contribution in [2.24, 2.45) is 0 Å². The first kappa shape index (κ1) is 54.3. The molecule has 5 amide bonds. The van der Waals surface area contributed by atoms with Gasteiger partial charge in [-0.3, -0.25) is 24.0 Å². The molecule has 8 N–H and O–H groups in total. The van der Waals surface area contributed by atoms with Crippen molar-refractivity contribution in [2.45, 2.75) is 45.5 Å². The summed E-state index contributed by atoms with van der Waals surface area (Å²) >= 11 is 0. The summed E-state index contributed by atoms with van der Waals surface area (Å²) in [5.74, 6) is -5.63. The SMILES string of the molecule is COC(=O)c1cc(NC(=O)CCO)c(NC(=O)c2cc(NC(=O)CCO)c(NC(=O)c3ccc(NC(=O)CCc4c[nH]cn4)c(OCc4ccccc4)c3)c(OCc3ccc(F)cc3)c2)c(OCc2ccc(F)cc2)c1. The van der Waals surface area contributed by atoms with Crippen LogP contribution in [0.15, 0.2) is 134 Å². The number of amides is 5. The monoisotopic (exact) mass is 1040 g/mol. The number of esters is 1. The molecule has 1 heterocycles. The van der Waals surface area contributed by atoms with Crippen LogP contribution in [0.4, 0.5) is 37.2 Å². The number of carbonyl (C=O) groups is 6. The second kappa shape index (κ2) is 26.5. The standard InChI is InChI=1S/C55H51F2N7O12/c1-73-55(72)38-24-44(62-50(69)20-22-66)52(47(27-38)76-31-35-9-14-40(57)15-10-35)64-54(71)37-23-43(61-49(68)19-21-65)51(46(26-37)75-30-34-7-12-39(56)13-8-34)63-53(70)36-11-17-42(60-48(67)18-16-41-28-58-32-59-41)45(25-36)74-29-33-5-3-2-4-6-33/h2-15,17,23-28,32,65-66H,16,18-22,29-31H2,1H3,(H,58,59)(H,60,67)(H,61,68)(H,62,69)(H,63,70)(H,64,71). The number of imidazole rings is 1. The molecule has 0 aliphatic carbocycles. The zero-order valence-corrected chi connectivity index (χ0v) is 40.7. The molecule has 0 atom stereocenters. The average Bonchev–Trinajstić information content (AvgIpc) is 3.96. The second-order valence-corrected chi connectivity index (χ2v) is 16.7. The van der Waals surface area contributed by atoms with Gasteiger partial charge < -0.3 is 60.7 Å². The first-order valence-electron chi connectivity index (χ1n) is 23.5. The molecule has 0 fully saturated rings. The summed E-state index contributed by atoms with van der Waals surface area (Å²) in [6.07, 6.45) is 2.83. The van der Waals surface area contributed by atoms with Gasteiger partial charge in [-0.2, -0.15) is 0 Å². The topological polar surface area (TPSA) is 269 Å². The highest BCUT2D eigenvalue weighted by atomic mass is 19.1. The van der Waals surface area contributed by atoms with E-state index < -0.39 is 60.9 Å². The molecule has 0 spiro atoms. The lowest BCUT2D eigenvalue weighted by Gasteiger charge is -2.21. The molecular formula is C55H51F2N7O12. The van der Waals surface area contributed by atoms with Gasteiger partial charge in [-0.15, -0.1) is 0 Å². The molecule has 0 saturated heterocycles. The third kappa shape index (κ3) is 15.3. The fourth-order valence-corrected chi connectivity index (χ4v) is 7.27. The number of H-pyrrole nitrogens is 1. The van der Waals surface area contributed by atoms with Crippen molar-refractivity contribution in [3.8, 4) is 17.2 Å². The largest absolute Gasteiger partial charge is 0.487 e. The van der Waals surface area contributed by atoms with Crippen molar-refractivity contribution in [1.29, 1.82) is 0 Å². The van der Waals surface area contributed by atoms with E-state index in [-0.39, 0.29) is 101 Å². The summed E-state index contributed by atoms with van der Waals surface area (Å²) < 4.78 is 51.2. The minimum absolute atomic E-state index is 0.0101. The van der Waals surface area contributed by atoms with Gasteiger partial charge in [-0.1, -0.05) is 54.6 Å². The Hall–Kier alpha value is -9.47. The van der Waals surface area contributed by atoms with Crippen LogP contribution < -0.4 is 40.8 Å². The molecular weight excluding hydrogens is 989 g/mol. The maximum absolute atomic E-state index is 14.7. The number of hydrogen-bond donors (Lipinski definition) is 8. The van der Waals surface area contributed by atoms with Gasteiger partial charge in [0.15, 0.2) is 0 Å². The number of benzene rings is 6. The van der Waals surface area contributed by atoms with Crippen molar-refractivity contribution in [2.75, 3.05) is 46.9 Å². The van der Waals surface area contributed by atoms with Gasteiger partial charge in [0.25, 0.3) is 11.8 Å². The first-order chi connectivity index (χ1) is 36.8. The smallest absolute Gasteiger partial charge is 0.338 e. The highest BCUT2D eigenvalue weighted by Crippen LogP contribution is 2.40. The van der Waals surface area contributed by atoms with Crippen LogP contribution in [-0.2, 0) is 45.4 Å². The molecule has 19 nitrogen and oxygen atoms in total. The van der Waals surface area contributed by atoms with E-state index >= 15 is 0 Å². The number of aliphatic hydroxyl groups is 2. The number of hydrogen-bond acceptors (Lipinski definition) is 13. The van der Waals surface area contributed by atoms with Crippen LogP contribution in [-0.4, -0.2) is 76.0 Å². The molecule has 76 heavy (non-hydrogen) atoms. The van der Waals surface area contributed by atoms with E-state index in [1.165, 1.54) is 97.3 Å². The molecule has 0 saturated carbocycles. The lowest BCUT2D eigenvalue weighted by Crippen LogP contribution is -2.21. The third-order valence-corrected chi connectivity index (χ3v) is 11.1. The molecule has 7 rings (SSSR count). The zero-order chi connectivity index (χ0) is 54.0. The number of aromatic amines is 1. The fourth-order valence-electron chi connectivity index (χ4n) is 7.27. The number of rotatable bonds is 24. The van der Waals surface area contributed by atoms with E-state index in [4.69, 9.17) is 18.9 Å². The van der Waals surface area contributed by atoms with Gasteiger partial charge >= 0.3 is 5.97 Å². The van der Waals surface area contributed by atoms with Crippen LogP contribution in [0.3, 0.4) is 0 Å². The predicted molar refractivity (Wildman–Crippen MR) is 275 cm³/mol. The lowest BCUT2D eigenvalue weighted by molar-refractivity contribution is -0.117.